The maximum atomic E-state index is 8.95. The zero-order valence-corrected chi connectivity index (χ0v) is 10.3. The van der Waals surface area contributed by atoms with Crippen LogP contribution in [0, 0.1) is 11.3 Å². The van der Waals surface area contributed by atoms with Crippen LogP contribution in [0.2, 0.25) is 10.0 Å². The van der Waals surface area contributed by atoms with E-state index in [9.17, 15) is 0 Å². The van der Waals surface area contributed by atoms with Gasteiger partial charge < -0.3 is 0 Å². The predicted molar refractivity (Wildman–Crippen MR) is 64.9 cm³/mol. The molecule has 1 atom stereocenters. The molecule has 0 aliphatic heterocycles. The number of aromatic amines is 1. The van der Waals surface area contributed by atoms with Crippen LogP contribution >= 0.6 is 23.2 Å². The second-order valence-electron chi connectivity index (χ2n) is 3.11. The summed E-state index contributed by atoms with van der Waals surface area (Å²) in [4.78, 5) is 7.93. The van der Waals surface area contributed by atoms with Gasteiger partial charge in [-0.15, -0.1) is 10.2 Å². The van der Waals surface area contributed by atoms with Crippen LogP contribution in [-0.4, -0.2) is 31.8 Å². The van der Waals surface area contributed by atoms with E-state index in [4.69, 9.17) is 28.5 Å². The fraction of sp³-hybridized carbons (Fsp3) is 0.111. The monoisotopic (exact) mass is 281 g/mol. The molecule has 90 valence electrons. The van der Waals surface area contributed by atoms with E-state index in [1.165, 1.54) is 18.5 Å². The molecule has 0 amide bonds. The van der Waals surface area contributed by atoms with E-state index in [0.717, 1.165) is 0 Å². The van der Waals surface area contributed by atoms with Crippen molar-refractivity contribution in [1.82, 2.24) is 25.6 Å². The van der Waals surface area contributed by atoms with Gasteiger partial charge in [0.2, 0.25) is 0 Å². The first-order valence-electron chi connectivity index (χ1n) is 4.69. The van der Waals surface area contributed by atoms with Gasteiger partial charge in [-0.1, -0.05) is 28.4 Å². The number of aromatic nitrogens is 5. The smallest absolute Gasteiger partial charge is 0.197 e. The van der Waals surface area contributed by atoms with E-state index in [0.29, 0.717) is 10.0 Å². The van der Waals surface area contributed by atoms with Crippen molar-refractivity contribution in [3.05, 3.63) is 28.1 Å². The van der Waals surface area contributed by atoms with E-state index in [2.05, 4.69) is 30.6 Å². The minimum absolute atomic E-state index is 0.228. The second-order valence-corrected chi connectivity index (χ2v) is 3.96. The molecule has 2 aromatic rings. The average Bonchev–Trinajstić information content (AvgIpc) is 2.86. The molecule has 0 aliphatic rings. The van der Waals surface area contributed by atoms with Crippen LogP contribution in [0.15, 0.2) is 17.3 Å². The number of nitrogens with zero attached hydrogens (tertiary/aromatic N) is 6. The molecule has 9 heteroatoms. The van der Waals surface area contributed by atoms with Crippen molar-refractivity contribution in [3.63, 3.8) is 0 Å². The molecule has 0 saturated heterocycles. The molecule has 2 aromatic heterocycles. The minimum Gasteiger partial charge on any atom is -0.238 e. The van der Waals surface area contributed by atoms with Crippen molar-refractivity contribution >= 4 is 35.2 Å². The number of rotatable bonds is 3. The van der Waals surface area contributed by atoms with Crippen LogP contribution in [0.25, 0.3) is 0 Å². The number of nitrogens with one attached hydrogen (secondary N) is 1. The average molecular weight is 282 g/mol. The first-order valence-corrected chi connectivity index (χ1v) is 5.44. The number of hydrogen-bond acceptors (Lipinski definition) is 6. The molecule has 0 bridgehead atoms. The van der Waals surface area contributed by atoms with Crippen molar-refractivity contribution in [2.75, 3.05) is 0 Å². The fourth-order valence-corrected chi connectivity index (χ4v) is 1.54. The highest BCUT2D eigenvalue weighted by Gasteiger charge is 2.13. The highest BCUT2D eigenvalue weighted by molar-refractivity contribution is 6.35. The van der Waals surface area contributed by atoms with Crippen LogP contribution in [-0.2, 0) is 0 Å². The molecule has 0 saturated carbocycles. The summed E-state index contributed by atoms with van der Waals surface area (Å²) in [5, 5.41) is 22.7. The molecule has 2 rings (SSSR count). The van der Waals surface area contributed by atoms with Crippen molar-refractivity contribution in [2.45, 2.75) is 5.92 Å². The maximum Gasteiger partial charge on any atom is 0.197 e. The van der Waals surface area contributed by atoms with Gasteiger partial charge in [-0.2, -0.15) is 10.5 Å². The molecule has 18 heavy (non-hydrogen) atoms. The van der Waals surface area contributed by atoms with E-state index in [1.807, 2.05) is 6.07 Å². The molecule has 0 aromatic carbocycles. The Morgan fingerprint density at radius 2 is 2.33 bits per heavy atom. The first-order chi connectivity index (χ1) is 8.70. The van der Waals surface area contributed by atoms with Crippen LogP contribution in [0.3, 0.4) is 0 Å². The van der Waals surface area contributed by atoms with Gasteiger partial charge in [0.15, 0.2) is 11.6 Å². The van der Waals surface area contributed by atoms with Crippen LogP contribution in [0.1, 0.15) is 11.7 Å². The first kappa shape index (κ1) is 12.4. The lowest BCUT2D eigenvalue weighted by molar-refractivity contribution is 0.881. The Morgan fingerprint density at radius 3 is 2.94 bits per heavy atom. The number of pyridine rings is 1. The maximum absolute atomic E-state index is 8.95. The van der Waals surface area contributed by atoms with Gasteiger partial charge >= 0.3 is 0 Å². The zero-order valence-electron chi connectivity index (χ0n) is 8.75. The normalized spacial score (nSPS) is 12.5. The van der Waals surface area contributed by atoms with Gasteiger partial charge in [0.25, 0.3) is 0 Å². The van der Waals surface area contributed by atoms with Crippen molar-refractivity contribution in [2.24, 2.45) is 4.99 Å². The van der Waals surface area contributed by atoms with E-state index in [-0.39, 0.29) is 11.6 Å². The fourth-order valence-electron chi connectivity index (χ4n) is 1.11. The summed E-state index contributed by atoms with van der Waals surface area (Å²) >= 11 is 11.6. The van der Waals surface area contributed by atoms with Crippen molar-refractivity contribution in [1.29, 1.82) is 5.26 Å². The molecular formula is C9H5Cl2N7. The third-order valence-electron chi connectivity index (χ3n) is 1.91. The van der Waals surface area contributed by atoms with Gasteiger partial charge in [-0.25, -0.2) is 9.98 Å². The lowest BCUT2D eigenvalue weighted by Gasteiger charge is -1.98. The second kappa shape index (κ2) is 5.53. The number of nitriles is 1. The Labute approximate surface area is 111 Å². The molecule has 0 radical (unpaired) electrons. The zero-order chi connectivity index (χ0) is 13.0. The number of halogens is 2. The summed E-state index contributed by atoms with van der Waals surface area (Å²) in [6.45, 7) is 0. The highest BCUT2D eigenvalue weighted by Crippen LogP contribution is 2.25. The van der Waals surface area contributed by atoms with Crippen LogP contribution in [0.5, 0.6) is 0 Å². The summed E-state index contributed by atoms with van der Waals surface area (Å²) in [6.07, 6.45) is 2.75. The van der Waals surface area contributed by atoms with E-state index in [1.54, 1.807) is 0 Å². The molecule has 2 heterocycles. The van der Waals surface area contributed by atoms with Crippen LogP contribution < -0.4 is 0 Å². The molecule has 1 N–H and O–H groups in total. The lowest BCUT2D eigenvalue weighted by atomic mass is 10.2. The topological polar surface area (TPSA) is 103 Å². The number of H-pyrrole nitrogens is 1. The van der Waals surface area contributed by atoms with E-state index < -0.39 is 5.92 Å². The van der Waals surface area contributed by atoms with Gasteiger partial charge in [0.1, 0.15) is 5.92 Å². The van der Waals surface area contributed by atoms with Gasteiger partial charge in [0.05, 0.1) is 16.1 Å². The van der Waals surface area contributed by atoms with Gasteiger partial charge in [-0.05, 0) is 6.07 Å². The standard InChI is InChI=1S/C9H5Cl2N7/c10-6-1-7(11)9(14-4-6)13-3-5(2-12)8-15-17-18-16-8/h1,3-5H,(H,15,16,17,18). The Hall–Kier alpha value is -2.04. The number of hydrogen-bond donors (Lipinski definition) is 1. The number of aliphatic imine (C=N–C) groups is 1. The summed E-state index contributed by atoms with van der Waals surface area (Å²) in [6, 6.07) is 3.49. The van der Waals surface area contributed by atoms with Crippen molar-refractivity contribution in [3.8, 4) is 6.07 Å². The largest absolute Gasteiger partial charge is 0.238 e. The Balaban J connectivity index is 2.22. The molecule has 7 nitrogen and oxygen atoms in total. The van der Waals surface area contributed by atoms with E-state index >= 15 is 0 Å². The molecular weight excluding hydrogens is 277 g/mol. The number of tetrazole rings is 1. The Bertz CT molecular complexity index is 602. The Morgan fingerprint density at radius 1 is 1.50 bits per heavy atom. The van der Waals surface area contributed by atoms with Gasteiger partial charge in [0, 0.05) is 12.4 Å². The molecule has 0 fully saturated rings. The minimum atomic E-state index is -0.725. The van der Waals surface area contributed by atoms with Gasteiger partial charge in [-0.3, -0.25) is 0 Å². The molecule has 0 aliphatic carbocycles. The molecule has 0 spiro atoms. The third kappa shape index (κ3) is 2.80. The highest BCUT2D eigenvalue weighted by atomic mass is 35.5. The SMILES string of the molecule is N#CC(C=Nc1ncc(Cl)cc1Cl)c1nn[nH]n1. The quantitative estimate of drug-likeness (QED) is 0.866. The summed E-state index contributed by atoms with van der Waals surface area (Å²) in [5.74, 6) is -0.228. The summed E-state index contributed by atoms with van der Waals surface area (Å²) in [7, 11) is 0. The summed E-state index contributed by atoms with van der Waals surface area (Å²) < 4.78 is 0. The predicted octanol–water partition coefficient (Wildman–Crippen LogP) is 1.91. The lowest BCUT2D eigenvalue weighted by Crippen LogP contribution is -2.00. The molecule has 1 unspecified atom stereocenters. The Kier molecular flexibility index (Phi) is 3.82. The van der Waals surface area contributed by atoms with Crippen molar-refractivity contribution < 1.29 is 0 Å². The summed E-state index contributed by atoms with van der Waals surface area (Å²) in [5.41, 5.74) is 0. The third-order valence-corrected chi connectivity index (χ3v) is 2.40. The van der Waals surface area contributed by atoms with Crippen LogP contribution in [0.4, 0.5) is 5.82 Å².